The summed E-state index contributed by atoms with van der Waals surface area (Å²) in [5, 5.41) is 20.6. The standard InChI is InChI=1S/C32H41FN6O5Si/c1-21-30(45(3,4)33)28(11-14-37-20-23(12-16-40)35-36-37)44-32(21)26-17-25(43-2)9-10-27(26)39(31(32)42)19-22-5-7-24(8-6-22)38-15-13-34-18-29(38)41/h5-10,17,20-21,28,30,34,40H,11-16,18-19H2,1-4H3/t21-,28+,30-,32+/m1/s1. The Morgan fingerprint density at radius 3 is 2.67 bits per heavy atom. The molecule has 0 unspecified atom stereocenters. The largest absolute Gasteiger partial charge is 0.497 e. The molecule has 4 atom stereocenters. The molecule has 2 aromatic carbocycles. The number of benzene rings is 2. The average molecular weight is 637 g/mol. The zero-order chi connectivity index (χ0) is 31.9. The Morgan fingerprint density at radius 2 is 1.98 bits per heavy atom. The monoisotopic (exact) mass is 636 g/mol. The van der Waals surface area contributed by atoms with Crippen LogP contribution in [0.5, 0.6) is 5.75 Å². The number of carbonyl (C=O) groups is 2. The lowest BCUT2D eigenvalue weighted by molar-refractivity contribution is -0.146. The number of aromatic nitrogens is 3. The normalized spacial score (nSPS) is 25.0. The van der Waals surface area contributed by atoms with Crippen molar-refractivity contribution >= 4 is 31.6 Å². The SMILES string of the molecule is COc1ccc2c(c1)[C@]1(O[C@@H](CCn3cc(CCO)nn3)[C@H]([Si](C)(C)F)[C@H]1C)C(=O)N2Cc1ccc(N2CCNCC2=O)cc1. The fourth-order valence-corrected chi connectivity index (χ4v) is 9.90. The zero-order valence-electron chi connectivity index (χ0n) is 26.2. The van der Waals surface area contributed by atoms with Crippen LogP contribution < -0.4 is 19.9 Å². The molecule has 4 heterocycles. The summed E-state index contributed by atoms with van der Waals surface area (Å²) < 4.78 is 30.3. The molecular formula is C32H41FN6O5Si. The van der Waals surface area contributed by atoms with E-state index in [1.54, 1.807) is 40.9 Å². The van der Waals surface area contributed by atoms with Gasteiger partial charge in [0.05, 0.1) is 37.7 Å². The lowest BCUT2D eigenvalue weighted by Gasteiger charge is -2.31. The van der Waals surface area contributed by atoms with Crippen molar-refractivity contribution in [3.05, 3.63) is 65.5 Å². The summed E-state index contributed by atoms with van der Waals surface area (Å²) in [6.07, 6.45) is 2.13. The number of halogens is 1. The number of nitrogens with zero attached hydrogens (tertiary/aromatic N) is 5. The summed E-state index contributed by atoms with van der Waals surface area (Å²) >= 11 is 0. The molecule has 2 fully saturated rings. The average Bonchev–Trinajstić information content (AvgIpc) is 3.66. The van der Waals surface area contributed by atoms with Gasteiger partial charge in [-0.1, -0.05) is 24.3 Å². The highest BCUT2D eigenvalue weighted by atomic mass is 28.4. The number of anilines is 2. The quantitative estimate of drug-likeness (QED) is 0.257. The Kier molecular flexibility index (Phi) is 8.54. The van der Waals surface area contributed by atoms with Gasteiger partial charge in [0.15, 0.2) is 5.60 Å². The van der Waals surface area contributed by atoms with Crippen molar-refractivity contribution in [1.82, 2.24) is 20.3 Å². The fraction of sp³-hybridized carbons (Fsp3) is 0.500. The van der Waals surface area contributed by atoms with Gasteiger partial charge in [0.1, 0.15) is 5.75 Å². The summed E-state index contributed by atoms with van der Waals surface area (Å²) in [4.78, 5) is 30.6. The molecule has 0 bridgehead atoms. The smallest absolute Gasteiger partial charge is 0.264 e. The van der Waals surface area contributed by atoms with E-state index in [9.17, 15) is 14.7 Å². The number of piperazine rings is 1. The number of nitrogens with one attached hydrogen (secondary N) is 1. The van der Waals surface area contributed by atoms with E-state index in [0.29, 0.717) is 56.0 Å². The molecule has 0 aliphatic carbocycles. The van der Waals surface area contributed by atoms with E-state index < -0.39 is 31.6 Å². The molecule has 3 aliphatic rings. The van der Waals surface area contributed by atoms with Gasteiger partial charge in [-0.15, -0.1) is 5.10 Å². The van der Waals surface area contributed by atoms with Gasteiger partial charge in [0, 0.05) is 61.6 Å². The van der Waals surface area contributed by atoms with E-state index in [0.717, 1.165) is 23.5 Å². The van der Waals surface area contributed by atoms with Gasteiger partial charge in [-0.3, -0.25) is 14.3 Å². The van der Waals surface area contributed by atoms with Crippen LogP contribution in [0, 0.1) is 5.92 Å². The second-order valence-corrected chi connectivity index (χ2v) is 16.5. The Bertz CT molecular complexity index is 1560. The third-order valence-electron chi connectivity index (χ3n) is 9.44. The van der Waals surface area contributed by atoms with Gasteiger partial charge in [0.2, 0.25) is 14.3 Å². The van der Waals surface area contributed by atoms with Gasteiger partial charge in [-0.2, -0.15) is 0 Å². The van der Waals surface area contributed by atoms with Crippen molar-refractivity contribution in [2.45, 2.75) is 63.2 Å². The van der Waals surface area contributed by atoms with Crippen LogP contribution in [0.25, 0.3) is 0 Å². The van der Waals surface area contributed by atoms with E-state index in [-0.39, 0.29) is 18.4 Å². The summed E-state index contributed by atoms with van der Waals surface area (Å²) in [5.74, 6) is -0.0196. The number of aliphatic hydroxyl groups excluding tert-OH is 1. The first-order valence-electron chi connectivity index (χ1n) is 15.5. The van der Waals surface area contributed by atoms with Crippen LogP contribution in [0.3, 0.4) is 0 Å². The van der Waals surface area contributed by atoms with E-state index in [1.807, 2.05) is 49.4 Å². The number of aryl methyl sites for hydroxylation is 1. The van der Waals surface area contributed by atoms with Crippen LogP contribution in [0.1, 0.15) is 30.2 Å². The fourth-order valence-electron chi connectivity index (χ4n) is 7.36. The molecule has 3 aromatic rings. The molecule has 6 rings (SSSR count). The number of amides is 2. The Balaban J connectivity index is 1.31. The Morgan fingerprint density at radius 1 is 1.20 bits per heavy atom. The van der Waals surface area contributed by atoms with E-state index >= 15 is 4.11 Å². The highest BCUT2D eigenvalue weighted by Gasteiger charge is 2.66. The van der Waals surface area contributed by atoms with Gasteiger partial charge in [0.25, 0.3) is 5.91 Å². The summed E-state index contributed by atoms with van der Waals surface area (Å²) in [5.41, 5.74) is 2.00. The lowest BCUT2D eigenvalue weighted by Crippen LogP contribution is -2.48. The van der Waals surface area contributed by atoms with Crippen LogP contribution in [-0.4, -0.2) is 79.8 Å². The molecule has 0 radical (unpaired) electrons. The molecule has 3 aliphatic heterocycles. The number of hydrogen-bond acceptors (Lipinski definition) is 8. The van der Waals surface area contributed by atoms with Crippen LogP contribution in [-0.2, 0) is 39.4 Å². The van der Waals surface area contributed by atoms with E-state index in [4.69, 9.17) is 9.47 Å². The number of fused-ring (bicyclic) bond motifs is 2. The van der Waals surface area contributed by atoms with E-state index in [1.165, 1.54) is 0 Å². The van der Waals surface area contributed by atoms with Crippen molar-refractivity contribution in [2.75, 3.05) is 43.2 Å². The molecule has 1 aromatic heterocycles. The minimum Gasteiger partial charge on any atom is -0.497 e. The van der Waals surface area contributed by atoms with Gasteiger partial charge in [-0.25, -0.2) is 0 Å². The first-order valence-corrected chi connectivity index (χ1v) is 18.5. The van der Waals surface area contributed by atoms with Crippen LogP contribution in [0.4, 0.5) is 15.5 Å². The highest BCUT2D eigenvalue weighted by Crippen LogP contribution is 2.60. The van der Waals surface area contributed by atoms with Crippen LogP contribution in [0.15, 0.2) is 48.7 Å². The van der Waals surface area contributed by atoms with Gasteiger partial charge >= 0.3 is 0 Å². The second kappa shape index (κ2) is 12.3. The molecule has 240 valence electrons. The first kappa shape index (κ1) is 31.3. The van der Waals surface area contributed by atoms with Crippen molar-refractivity contribution in [1.29, 1.82) is 0 Å². The lowest BCUT2D eigenvalue weighted by atomic mass is 9.82. The topological polar surface area (TPSA) is 122 Å². The van der Waals surface area contributed by atoms with Crippen molar-refractivity contribution in [2.24, 2.45) is 5.92 Å². The maximum absolute atomic E-state index is 16.2. The number of carbonyl (C=O) groups excluding carboxylic acids is 2. The minimum absolute atomic E-state index is 0.0182. The summed E-state index contributed by atoms with van der Waals surface area (Å²) in [6.45, 7) is 7.69. The maximum Gasteiger partial charge on any atom is 0.264 e. The van der Waals surface area contributed by atoms with Crippen molar-refractivity contribution < 1.29 is 28.3 Å². The molecule has 11 nitrogen and oxygen atoms in total. The third-order valence-corrected chi connectivity index (χ3v) is 11.9. The molecule has 1 spiro atoms. The van der Waals surface area contributed by atoms with Crippen molar-refractivity contribution in [3.63, 3.8) is 0 Å². The van der Waals surface area contributed by atoms with Gasteiger partial charge < -0.3 is 33.8 Å². The molecule has 0 saturated carbocycles. The predicted octanol–water partition coefficient (Wildman–Crippen LogP) is 3.17. The van der Waals surface area contributed by atoms with Crippen LogP contribution in [0.2, 0.25) is 18.6 Å². The predicted molar refractivity (Wildman–Crippen MR) is 169 cm³/mol. The Labute approximate surface area is 263 Å². The summed E-state index contributed by atoms with van der Waals surface area (Å²) in [7, 11) is -1.75. The maximum atomic E-state index is 16.2. The molecular weight excluding hydrogens is 595 g/mol. The molecule has 2 N–H and O–H groups in total. The van der Waals surface area contributed by atoms with E-state index in [2.05, 4.69) is 15.6 Å². The molecule has 45 heavy (non-hydrogen) atoms. The van der Waals surface area contributed by atoms with Crippen LogP contribution >= 0.6 is 0 Å². The second-order valence-electron chi connectivity index (χ2n) is 12.7. The minimum atomic E-state index is -3.33. The highest BCUT2D eigenvalue weighted by molar-refractivity contribution is 6.72. The number of hydrogen-bond donors (Lipinski definition) is 2. The molecule has 2 saturated heterocycles. The molecule has 2 amide bonds. The third kappa shape index (κ3) is 5.66. The van der Waals surface area contributed by atoms with Gasteiger partial charge in [-0.05, 0) is 55.4 Å². The Hall–Kier alpha value is -3.65. The zero-order valence-corrected chi connectivity index (χ0v) is 27.2. The molecule has 13 heteroatoms. The number of ether oxygens (including phenoxy) is 2. The number of aliphatic hydroxyl groups is 1. The van der Waals surface area contributed by atoms with Crippen molar-refractivity contribution in [3.8, 4) is 5.75 Å². The first-order chi connectivity index (χ1) is 21.6. The number of rotatable bonds is 10. The number of methoxy groups -OCH3 is 1. The summed E-state index contributed by atoms with van der Waals surface area (Å²) in [6, 6.07) is 13.3.